The summed E-state index contributed by atoms with van der Waals surface area (Å²) in [5, 5.41) is 13.1. The van der Waals surface area contributed by atoms with Gasteiger partial charge in [-0.2, -0.15) is 0 Å². The number of likely N-dealkylation sites (tertiary alicyclic amines) is 1. The number of carbonyl (C=O) groups excluding carboxylic acids is 3. The van der Waals surface area contributed by atoms with E-state index < -0.39 is 24.0 Å². The summed E-state index contributed by atoms with van der Waals surface area (Å²) in [5.74, 6) is -1.60. The summed E-state index contributed by atoms with van der Waals surface area (Å²) in [6.45, 7) is 9.43. The number of hydrogen-bond donors (Lipinski definition) is 3. The Labute approximate surface area is 201 Å². The minimum Gasteiger partial charge on any atom is -0.393 e. The maximum absolute atomic E-state index is 13.2. The molecule has 1 fully saturated rings. The number of nitrogens with two attached hydrogens (primary N) is 1. The van der Waals surface area contributed by atoms with Crippen LogP contribution in [0, 0.1) is 11.8 Å². The number of ketones is 2. The van der Waals surface area contributed by atoms with Gasteiger partial charge in [-0.1, -0.05) is 59.3 Å². The molecule has 4 atom stereocenters. The summed E-state index contributed by atoms with van der Waals surface area (Å²) in [6, 6.07) is -0.863. The molecular formula is C26H49N3O4. The van der Waals surface area contributed by atoms with Gasteiger partial charge in [0.05, 0.1) is 24.1 Å². The van der Waals surface area contributed by atoms with E-state index in [-0.39, 0.29) is 36.5 Å². The van der Waals surface area contributed by atoms with Crippen molar-refractivity contribution < 1.29 is 19.5 Å². The van der Waals surface area contributed by atoms with Crippen molar-refractivity contribution in [1.82, 2.24) is 10.2 Å². The van der Waals surface area contributed by atoms with Crippen molar-refractivity contribution in [1.29, 1.82) is 0 Å². The van der Waals surface area contributed by atoms with Crippen molar-refractivity contribution in [3.05, 3.63) is 0 Å². The summed E-state index contributed by atoms with van der Waals surface area (Å²) < 4.78 is 0. The van der Waals surface area contributed by atoms with Gasteiger partial charge in [0.15, 0.2) is 11.6 Å². The fourth-order valence-electron chi connectivity index (χ4n) is 4.69. The number of carbonyl (C=O) groups is 3. The zero-order valence-electron chi connectivity index (χ0n) is 21.5. The fourth-order valence-corrected chi connectivity index (χ4v) is 4.69. The molecule has 192 valence electrons. The zero-order valence-corrected chi connectivity index (χ0v) is 21.5. The molecule has 1 rings (SSSR count). The normalized spacial score (nSPS) is 19.8. The molecule has 0 spiro atoms. The number of rotatable bonds is 17. The van der Waals surface area contributed by atoms with E-state index in [1.807, 2.05) is 0 Å². The van der Waals surface area contributed by atoms with E-state index in [0.29, 0.717) is 6.42 Å². The average Bonchev–Trinajstić information content (AvgIpc) is 2.78. The molecule has 0 saturated carbocycles. The van der Waals surface area contributed by atoms with Crippen molar-refractivity contribution in [2.75, 3.05) is 19.6 Å². The summed E-state index contributed by atoms with van der Waals surface area (Å²) in [6.07, 6.45) is 9.58. The highest BCUT2D eigenvalue weighted by Crippen LogP contribution is 2.23. The summed E-state index contributed by atoms with van der Waals surface area (Å²) in [7, 11) is 0. The van der Waals surface area contributed by atoms with Crippen LogP contribution in [0.1, 0.15) is 98.3 Å². The number of nitrogens with one attached hydrogen (secondary N) is 1. The lowest BCUT2D eigenvalue weighted by Gasteiger charge is -2.35. The van der Waals surface area contributed by atoms with Crippen LogP contribution in [0.15, 0.2) is 0 Å². The van der Waals surface area contributed by atoms with Crippen molar-refractivity contribution in [3.63, 3.8) is 0 Å². The lowest BCUT2D eigenvalue weighted by molar-refractivity contribution is -0.137. The van der Waals surface area contributed by atoms with Crippen LogP contribution in [0.25, 0.3) is 0 Å². The largest absolute Gasteiger partial charge is 0.393 e. The first-order chi connectivity index (χ1) is 15.7. The summed E-state index contributed by atoms with van der Waals surface area (Å²) in [4.78, 5) is 40.9. The molecule has 1 aliphatic rings. The van der Waals surface area contributed by atoms with Gasteiger partial charge in [-0.3, -0.25) is 19.3 Å². The van der Waals surface area contributed by atoms with E-state index in [1.54, 1.807) is 13.8 Å². The zero-order chi connectivity index (χ0) is 24.8. The quantitative estimate of drug-likeness (QED) is 0.283. The highest BCUT2D eigenvalue weighted by atomic mass is 16.3. The van der Waals surface area contributed by atoms with Gasteiger partial charge >= 0.3 is 0 Å². The van der Waals surface area contributed by atoms with E-state index in [4.69, 9.17) is 5.73 Å². The molecule has 1 heterocycles. The number of Topliss-reactive ketones (excluding diaryl/α,β-unsaturated/α-hetero) is 2. The molecule has 0 aromatic carbocycles. The molecule has 7 heteroatoms. The van der Waals surface area contributed by atoms with Crippen LogP contribution in [0.5, 0.6) is 0 Å². The molecule has 0 radical (unpaired) electrons. The smallest absolute Gasteiger partial charge is 0.226 e. The third-order valence-corrected chi connectivity index (χ3v) is 6.81. The van der Waals surface area contributed by atoms with E-state index in [9.17, 15) is 19.5 Å². The van der Waals surface area contributed by atoms with Crippen LogP contribution >= 0.6 is 0 Å². The van der Waals surface area contributed by atoms with Crippen LogP contribution in [0.4, 0.5) is 0 Å². The first kappa shape index (κ1) is 29.7. The maximum atomic E-state index is 13.2. The molecule has 1 saturated heterocycles. The predicted molar refractivity (Wildman–Crippen MR) is 133 cm³/mol. The molecule has 1 unspecified atom stereocenters. The molecule has 0 aromatic rings. The molecule has 1 aliphatic heterocycles. The number of amides is 1. The average molecular weight is 468 g/mol. The highest BCUT2D eigenvalue weighted by Gasteiger charge is 2.35. The van der Waals surface area contributed by atoms with Gasteiger partial charge in [0, 0.05) is 12.3 Å². The van der Waals surface area contributed by atoms with E-state index in [2.05, 4.69) is 17.1 Å². The Morgan fingerprint density at radius 1 is 1.06 bits per heavy atom. The lowest BCUT2D eigenvalue weighted by atomic mass is 9.88. The van der Waals surface area contributed by atoms with Gasteiger partial charge < -0.3 is 16.2 Å². The molecular weight excluding hydrogens is 418 g/mol. The first-order valence-electron chi connectivity index (χ1n) is 13.2. The number of aliphatic hydroxyl groups is 1. The minimum absolute atomic E-state index is 0.00756. The Morgan fingerprint density at radius 3 is 2.33 bits per heavy atom. The minimum atomic E-state index is -0.975. The van der Waals surface area contributed by atoms with Gasteiger partial charge in [-0.05, 0) is 52.2 Å². The van der Waals surface area contributed by atoms with Crippen LogP contribution in [-0.4, -0.2) is 65.3 Å². The van der Waals surface area contributed by atoms with E-state index in [0.717, 1.165) is 38.8 Å². The van der Waals surface area contributed by atoms with E-state index in [1.165, 1.54) is 39.0 Å². The van der Waals surface area contributed by atoms with Gasteiger partial charge in [-0.25, -0.2) is 0 Å². The molecule has 0 bridgehead atoms. The Balaban J connectivity index is 2.72. The van der Waals surface area contributed by atoms with E-state index >= 15 is 0 Å². The highest BCUT2D eigenvalue weighted by molar-refractivity contribution is 5.93. The Bertz CT molecular complexity index is 594. The summed E-state index contributed by atoms with van der Waals surface area (Å²) >= 11 is 0. The molecule has 0 aromatic heterocycles. The molecule has 4 N–H and O–H groups in total. The van der Waals surface area contributed by atoms with Crippen LogP contribution in [0.2, 0.25) is 0 Å². The molecule has 33 heavy (non-hydrogen) atoms. The topological polar surface area (TPSA) is 113 Å². The SMILES string of the molecule is CCCCCCCCN1CCCC[C@H]1C(=O)C[C@H](C(=O)N[C@@H](CCN)C(=O)C(C)C)C(C)O. The lowest BCUT2D eigenvalue weighted by Crippen LogP contribution is -2.50. The van der Waals surface area contributed by atoms with Crippen molar-refractivity contribution >= 4 is 17.5 Å². The molecule has 0 aliphatic carbocycles. The Kier molecular flexibility index (Phi) is 14.7. The van der Waals surface area contributed by atoms with Gasteiger partial charge in [-0.15, -0.1) is 0 Å². The second-order valence-corrected chi connectivity index (χ2v) is 10.0. The van der Waals surface area contributed by atoms with Gasteiger partial charge in [0.1, 0.15) is 0 Å². The van der Waals surface area contributed by atoms with Crippen molar-refractivity contribution in [3.8, 4) is 0 Å². The molecule has 7 nitrogen and oxygen atoms in total. The Morgan fingerprint density at radius 2 is 1.73 bits per heavy atom. The van der Waals surface area contributed by atoms with Gasteiger partial charge in [0.25, 0.3) is 0 Å². The monoisotopic (exact) mass is 467 g/mol. The standard InChI is InChI=1S/C26H49N3O4/c1-5-6-7-8-9-11-16-29-17-12-10-13-23(29)24(31)18-21(20(4)30)26(33)28-22(14-15-27)25(32)19(2)3/h19-23,30H,5-18,27H2,1-4H3,(H,28,33)/t20?,21-,22-,23-/m0/s1. The molecule has 1 amide bonds. The number of aliphatic hydroxyl groups excluding tert-OH is 1. The predicted octanol–water partition coefficient (Wildman–Crippen LogP) is 3.22. The van der Waals surface area contributed by atoms with Crippen LogP contribution in [-0.2, 0) is 14.4 Å². The second-order valence-electron chi connectivity index (χ2n) is 10.0. The maximum Gasteiger partial charge on any atom is 0.226 e. The van der Waals surface area contributed by atoms with Crippen molar-refractivity contribution in [2.45, 2.75) is 117 Å². The first-order valence-corrected chi connectivity index (χ1v) is 13.2. The third-order valence-electron chi connectivity index (χ3n) is 6.81. The third kappa shape index (κ3) is 10.7. The number of nitrogens with zero attached hydrogens (tertiary/aromatic N) is 1. The summed E-state index contributed by atoms with van der Waals surface area (Å²) in [5.41, 5.74) is 5.63. The second kappa shape index (κ2) is 16.3. The number of piperidine rings is 1. The fraction of sp³-hybridized carbons (Fsp3) is 0.885. The number of hydrogen-bond acceptors (Lipinski definition) is 6. The number of unbranched alkanes of at least 4 members (excludes halogenated alkanes) is 5. The van der Waals surface area contributed by atoms with Crippen LogP contribution in [0.3, 0.4) is 0 Å². The Hall–Kier alpha value is -1.31. The van der Waals surface area contributed by atoms with Crippen LogP contribution < -0.4 is 11.1 Å². The van der Waals surface area contributed by atoms with Gasteiger partial charge in [0.2, 0.25) is 5.91 Å². The van der Waals surface area contributed by atoms with Crippen molar-refractivity contribution in [2.24, 2.45) is 17.6 Å².